The highest BCUT2D eigenvalue weighted by atomic mass is 35.5. The number of hydrogen-bond donors (Lipinski definition) is 1. The first-order valence-corrected chi connectivity index (χ1v) is 10.9. The number of nitrogens with one attached hydrogen (secondary N) is 1. The molecule has 1 aliphatic heterocycles. The highest BCUT2D eigenvalue weighted by molar-refractivity contribution is 6.31. The minimum Gasteiger partial charge on any atom is -0.493 e. The number of rotatable bonds is 6. The maximum atomic E-state index is 12.9. The second-order valence-electron chi connectivity index (χ2n) is 8.13. The summed E-state index contributed by atoms with van der Waals surface area (Å²) in [6, 6.07) is 11.7. The fourth-order valence-electron chi connectivity index (χ4n) is 3.40. The first-order valence-electron chi connectivity index (χ1n) is 10.5. The van der Waals surface area contributed by atoms with Gasteiger partial charge in [0, 0.05) is 36.8 Å². The van der Waals surface area contributed by atoms with Crippen molar-refractivity contribution >= 4 is 34.8 Å². The SMILES string of the molecule is CC(C)COc1cccc(C(=O)Nc2cc(Cl)ccc2N2CCN(C(=O)C(F)(F)F)CC2)c1. The topological polar surface area (TPSA) is 61.9 Å². The molecule has 1 heterocycles. The number of carbonyl (C=O) groups is 2. The van der Waals surface area contributed by atoms with Gasteiger partial charge in [-0.2, -0.15) is 13.2 Å². The Labute approximate surface area is 195 Å². The van der Waals surface area contributed by atoms with Crippen LogP contribution in [0.3, 0.4) is 0 Å². The number of anilines is 2. The van der Waals surface area contributed by atoms with Crippen LogP contribution in [0, 0.1) is 5.92 Å². The van der Waals surface area contributed by atoms with E-state index in [9.17, 15) is 22.8 Å². The maximum absolute atomic E-state index is 12.9. The highest BCUT2D eigenvalue weighted by Crippen LogP contribution is 2.31. The van der Waals surface area contributed by atoms with Gasteiger partial charge in [0.1, 0.15) is 5.75 Å². The number of carbonyl (C=O) groups excluding carboxylic acids is 2. The molecule has 33 heavy (non-hydrogen) atoms. The van der Waals surface area contributed by atoms with Gasteiger partial charge in [-0.05, 0) is 42.3 Å². The van der Waals surface area contributed by atoms with Crippen molar-refractivity contribution in [3.05, 3.63) is 53.1 Å². The molecule has 0 unspecified atom stereocenters. The van der Waals surface area contributed by atoms with E-state index in [2.05, 4.69) is 5.32 Å². The van der Waals surface area contributed by atoms with Crippen molar-refractivity contribution < 1.29 is 27.5 Å². The molecule has 0 aliphatic carbocycles. The second kappa shape index (κ2) is 10.3. The zero-order valence-corrected chi connectivity index (χ0v) is 19.0. The van der Waals surface area contributed by atoms with E-state index in [1.807, 2.05) is 18.7 Å². The monoisotopic (exact) mass is 483 g/mol. The van der Waals surface area contributed by atoms with Crippen LogP contribution in [-0.4, -0.2) is 55.7 Å². The van der Waals surface area contributed by atoms with Crippen molar-refractivity contribution in [3.8, 4) is 5.75 Å². The summed E-state index contributed by atoms with van der Waals surface area (Å²) in [5, 5.41) is 3.23. The molecule has 1 N–H and O–H groups in total. The molecular weight excluding hydrogens is 459 g/mol. The van der Waals surface area contributed by atoms with Crippen molar-refractivity contribution in [3.63, 3.8) is 0 Å². The number of nitrogens with zero attached hydrogens (tertiary/aromatic N) is 2. The molecule has 0 aromatic heterocycles. The van der Waals surface area contributed by atoms with Gasteiger partial charge in [-0.15, -0.1) is 0 Å². The van der Waals surface area contributed by atoms with Crippen LogP contribution in [0.15, 0.2) is 42.5 Å². The van der Waals surface area contributed by atoms with E-state index in [1.54, 1.807) is 42.5 Å². The van der Waals surface area contributed by atoms with Gasteiger partial charge in [0.25, 0.3) is 5.91 Å². The maximum Gasteiger partial charge on any atom is 0.471 e. The van der Waals surface area contributed by atoms with E-state index < -0.39 is 12.1 Å². The van der Waals surface area contributed by atoms with Crippen molar-refractivity contribution in [2.24, 2.45) is 5.92 Å². The van der Waals surface area contributed by atoms with Gasteiger partial charge >= 0.3 is 12.1 Å². The van der Waals surface area contributed by atoms with Crippen LogP contribution < -0.4 is 15.0 Å². The molecule has 1 fully saturated rings. The molecule has 0 atom stereocenters. The van der Waals surface area contributed by atoms with Gasteiger partial charge in [-0.3, -0.25) is 9.59 Å². The number of amides is 2. The zero-order chi connectivity index (χ0) is 24.2. The third-order valence-electron chi connectivity index (χ3n) is 5.04. The fraction of sp³-hybridized carbons (Fsp3) is 0.391. The summed E-state index contributed by atoms with van der Waals surface area (Å²) in [6.07, 6.45) is -4.89. The zero-order valence-electron chi connectivity index (χ0n) is 18.3. The van der Waals surface area contributed by atoms with E-state index >= 15 is 0 Å². The molecule has 0 spiro atoms. The Hall–Kier alpha value is -2.94. The van der Waals surface area contributed by atoms with Crippen LogP contribution >= 0.6 is 11.6 Å². The Kier molecular flexibility index (Phi) is 7.73. The standard InChI is InChI=1S/C23H25ClF3N3O3/c1-15(2)14-33-18-5-3-4-16(12-18)21(31)28-19-13-17(24)6-7-20(19)29-8-10-30(11-9-29)22(32)23(25,26)27/h3-7,12-13,15H,8-11,14H2,1-2H3,(H,28,31). The largest absolute Gasteiger partial charge is 0.493 e. The molecule has 178 valence electrons. The lowest BCUT2D eigenvalue weighted by Crippen LogP contribution is -2.52. The summed E-state index contributed by atoms with van der Waals surface area (Å²) in [5.74, 6) is -1.30. The van der Waals surface area contributed by atoms with Crippen LogP contribution in [0.1, 0.15) is 24.2 Å². The summed E-state index contributed by atoms with van der Waals surface area (Å²) >= 11 is 6.13. The molecule has 0 bridgehead atoms. The summed E-state index contributed by atoms with van der Waals surface area (Å²) in [5.41, 5.74) is 1.43. The molecule has 0 radical (unpaired) electrons. The van der Waals surface area contributed by atoms with Crippen LogP contribution in [0.5, 0.6) is 5.75 Å². The Balaban J connectivity index is 1.73. The van der Waals surface area contributed by atoms with E-state index in [4.69, 9.17) is 16.3 Å². The van der Waals surface area contributed by atoms with Crippen LogP contribution in [0.2, 0.25) is 5.02 Å². The molecule has 2 aromatic rings. The third kappa shape index (κ3) is 6.54. The lowest BCUT2D eigenvalue weighted by molar-refractivity contribution is -0.185. The first kappa shape index (κ1) is 24.7. The molecular formula is C23H25ClF3N3O3. The molecule has 10 heteroatoms. The van der Waals surface area contributed by atoms with Gasteiger partial charge in [-0.25, -0.2) is 0 Å². The van der Waals surface area contributed by atoms with Gasteiger partial charge in [0.05, 0.1) is 18.0 Å². The van der Waals surface area contributed by atoms with Crippen LogP contribution in [0.25, 0.3) is 0 Å². The van der Waals surface area contributed by atoms with Crippen molar-refractivity contribution in [2.45, 2.75) is 20.0 Å². The Morgan fingerprint density at radius 3 is 2.42 bits per heavy atom. The average molecular weight is 484 g/mol. The predicted molar refractivity (Wildman–Crippen MR) is 121 cm³/mol. The lowest BCUT2D eigenvalue weighted by Gasteiger charge is -2.37. The van der Waals surface area contributed by atoms with E-state index in [1.165, 1.54) is 0 Å². The summed E-state index contributed by atoms with van der Waals surface area (Å²) in [6.45, 7) is 4.78. The second-order valence-corrected chi connectivity index (χ2v) is 8.56. The minimum atomic E-state index is -4.89. The van der Waals surface area contributed by atoms with Crippen molar-refractivity contribution in [1.29, 1.82) is 0 Å². The Morgan fingerprint density at radius 1 is 1.09 bits per heavy atom. The van der Waals surface area contributed by atoms with Gasteiger partial charge in [-0.1, -0.05) is 31.5 Å². The Bertz CT molecular complexity index is 1010. The highest BCUT2D eigenvalue weighted by Gasteiger charge is 2.43. The number of halogens is 4. The summed E-state index contributed by atoms with van der Waals surface area (Å²) in [4.78, 5) is 27.0. The minimum absolute atomic E-state index is 0.0798. The average Bonchev–Trinajstić information content (AvgIpc) is 2.77. The molecule has 2 aromatic carbocycles. The van der Waals surface area contributed by atoms with Crippen LogP contribution in [-0.2, 0) is 4.79 Å². The Morgan fingerprint density at radius 2 is 1.79 bits per heavy atom. The molecule has 1 saturated heterocycles. The first-order chi connectivity index (χ1) is 15.5. The van der Waals surface area contributed by atoms with Crippen molar-refractivity contribution in [2.75, 3.05) is 43.0 Å². The number of hydrogen-bond acceptors (Lipinski definition) is 4. The molecule has 0 saturated carbocycles. The van der Waals surface area contributed by atoms with Crippen molar-refractivity contribution in [1.82, 2.24) is 4.90 Å². The quantitative estimate of drug-likeness (QED) is 0.639. The normalized spacial score (nSPS) is 14.4. The van der Waals surface area contributed by atoms with E-state index in [0.717, 1.165) is 4.90 Å². The van der Waals surface area contributed by atoms with Gasteiger partial charge in [0.2, 0.25) is 0 Å². The van der Waals surface area contributed by atoms with E-state index in [-0.39, 0.29) is 32.1 Å². The predicted octanol–water partition coefficient (Wildman–Crippen LogP) is 4.84. The molecule has 1 aliphatic rings. The smallest absolute Gasteiger partial charge is 0.471 e. The fourth-order valence-corrected chi connectivity index (χ4v) is 3.57. The summed E-state index contributed by atoms with van der Waals surface area (Å²) in [7, 11) is 0. The summed E-state index contributed by atoms with van der Waals surface area (Å²) < 4.78 is 43.8. The number of piperazine rings is 1. The number of benzene rings is 2. The number of alkyl halides is 3. The number of ether oxygens (including phenoxy) is 1. The van der Waals surface area contributed by atoms with Gasteiger partial charge in [0.15, 0.2) is 0 Å². The van der Waals surface area contributed by atoms with Gasteiger partial charge < -0.3 is 19.9 Å². The van der Waals surface area contributed by atoms with Crippen LogP contribution in [0.4, 0.5) is 24.5 Å². The third-order valence-corrected chi connectivity index (χ3v) is 5.27. The molecule has 6 nitrogen and oxygen atoms in total. The van der Waals surface area contributed by atoms with E-state index in [0.29, 0.717) is 40.2 Å². The molecule has 2 amide bonds. The lowest BCUT2D eigenvalue weighted by atomic mass is 10.1. The molecule has 3 rings (SSSR count).